The van der Waals surface area contributed by atoms with Crippen molar-refractivity contribution in [1.82, 2.24) is 10.3 Å². The molecule has 2 rings (SSSR count). The number of thiocarbonyl (C=S) groups is 1. The number of hydrogen-bond donors (Lipinski definition) is 2. The summed E-state index contributed by atoms with van der Waals surface area (Å²) in [4.78, 5) is 18.9. The highest BCUT2D eigenvalue weighted by Gasteiger charge is 2.40. The first-order valence-corrected chi connectivity index (χ1v) is 7.02. The van der Waals surface area contributed by atoms with E-state index in [1.54, 1.807) is 13.2 Å². The van der Waals surface area contributed by atoms with Gasteiger partial charge in [-0.25, -0.2) is 4.98 Å². The van der Waals surface area contributed by atoms with Gasteiger partial charge in [-0.15, -0.1) is 0 Å². The molecule has 0 aliphatic carbocycles. The Hall–Kier alpha value is -1.69. The van der Waals surface area contributed by atoms with Gasteiger partial charge in [-0.3, -0.25) is 4.79 Å². The molecule has 108 valence electrons. The number of nitrogens with two attached hydrogens (primary N) is 1. The molecule has 0 spiro atoms. The number of aryl methyl sites for hydroxylation is 1. The van der Waals surface area contributed by atoms with Crippen molar-refractivity contribution in [3.63, 3.8) is 0 Å². The number of aromatic nitrogens is 1. The Morgan fingerprint density at radius 3 is 2.90 bits per heavy atom. The Balaban J connectivity index is 2.34. The normalized spacial score (nSPS) is 21.9. The van der Waals surface area contributed by atoms with Gasteiger partial charge in [-0.05, 0) is 31.9 Å². The minimum Gasteiger partial charge on any atom is -0.389 e. The highest BCUT2D eigenvalue weighted by atomic mass is 32.1. The maximum Gasteiger partial charge on any atom is 0.227 e. The standard InChI is InChI=1S/C14H20N4OS/c1-9-4-6-17-12(10(9)11(15)20)18-7-5-14(2,8-18)13(19)16-3/h4,6H,5,7-8H2,1-3H3,(H2,15,20)(H,16,19). The molecule has 0 saturated carbocycles. The molecule has 20 heavy (non-hydrogen) atoms. The Kier molecular flexibility index (Phi) is 3.94. The summed E-state index contributed by atoms with van der Waals surface area (Å²) in [7, 11) is 1.67. The van der Waals surface area contributed by atoms with Crippen LogP contribution in [0.2, 0.25) is 0 Å². The number of anilines is 1. The number of amides is 1. The summed E-state index contributed by atoms with van der Waals surface area (Å²) in [6.07, 6.45) is 2.54. The summed E-state index contributed by atoms with van der Waals surface area (Å²) < 4.78 is 0. The number of pyridine rings is 1. The smallest absolute Gasteiger partial charge is 0.227 e. The molecule has 1 aliphatic rings. The summed E-state index contributed by atoms with van der Waals surface area (Å²) in [5.74, 6) is 0.842. The predicted octanol–water partition coefficient (Wildman–Crippen LogP) is 0.987. The van der Waals surface area contributed by atoms with E-state index in [0.717, 1.165) is 29.9 Å². The van der Waals surface area contributed by atoms with Crippen LogP contribution in [-0.2, 0) is 4.79 Å². The number of carbonyl (C=O) groups is 1. The van der Waals surface area contributed by atoms with Gasteiger partial charge in [-0.1, -0.05) is 12.2 Å². The van der Waals surface area contributed by atoms with Crippen LogP contribution in [0.1, 0.15) is 24.5 Å². The van der Waals surface area contributed by atoms with E-state index in [0.29, 0.717) is 11.5 Å². The van der Waals surface area contributed by atoms with Gasteiger partial charge >= 0.3 is 0 Å². The van der Waals surface area contributed by atoms with Crippen LogP contribution >= 0.6 is 12.2 Å². The first-order valence-electron chi connectivity index (χ1n) is 6.61. The van der Waals surface area contributed by atoms with Crippen molar-refractivity contribution >= 4 is 28.9 Å². The van der Waals surface area contributed by atoms with Crippen LogP contribution < -0.4 is 16.0 Å². The first-order chi connectivity index (χ1) is 9.39. The summed E-state index contributed by atoms with van der Waals surface area (Å²) in [5, 5.41) is 2.73. The molecule has 1 unspecified atom stereocenters. The van der Waals surface area contributed by atoms with E-state index in [2.05, 4.69) is 15.2 Å². The molecule has 1 aromatic heterocycles. The van der Waals surface area contributed by atoms with E-state index in [-0.39, 0.29) is 5.91 Å². The van der Waals surface area contributed by atoms with Crippen molar-refractivity contribution in [2.45, 2.75) is 20.3 Å². The van der Waals surface area contributed by atoms with Crippen LogP contribution in [0.5, 0.6) is 0 Å². The Morgan fingerprint density at radius 1 is 1.60 bits per heavy atom. The predicted molar refractivity (Wildman–Crippen MR) is 83.9 cm³/mol. The van der Waals surface area contributed by atoms with Gasteiger partial charge in [0.2, 0.25) is 5.91 Å². The molecule has 2 heterocycles. The fourth-order valence-corrected chi connectivity index (χ4v) is 2.97. The van der Waals surface area contributed by atoms with Crippen LogP contribution in [-0.4, -0.2) is 36.0 Å². The number of rotatable bonds is 3. The Bertz CT molecular complexity index is 560. The lowest BCUT2D eigenvalue weighted by molar-refractivity contribution is -0.128. The number of hydrogen-bond acceptors (Lipinski definition) is 4. The van der Waals surface area contributed by atoms with Crippen molar-refractivity contribution in [2.75, 3.05) is 25.0 Å². The summed E-state index contributed by atoms with van der Waals surface area (Å²) in [6, 6.07) is 1.89. The molecule has 1 aliphatic heterocycles. The van der Waals surface area contributed by atoms with E-state index in [1.165, 1.54) is 0 Å². The van der Waals surface area contributed by atoms with E-state index in [9.17, 15) is 4.79 Å². The molecule has 1 amide bonds. The summed E-state index contributed by atoms with van der Waals surface area (Å²) in [6.45, 7) is 5.34. The van der Waals surface area contributed by atoms with E-state index in [4.69, 9.17) is 18.0 Å². The monoisotopic (exact) mass is 292 g/mol. The molecule has 0 aromatic carbocycles. The molecule has 3 N–H and O–H groups in total. The third kappa shape index (κ3) is 2.47. The molecule has 0 bridgehead atoms. The lowest BCUT2D eigenvalue weighted by atomic mass is 9.89. The second-order valence-electron chi connectivity index (χ2n) is 5.50. The largest absolute Gasteiger partial charge is 0.389 e. The Labute approximate surface area is 124 Å². The maximum absolute atomic E-state index is 12.0. The van der Waals surface area contributed by atoms with Gasteiger partial charge in [-0.2, -0.15) is 0 Å². The molecule has 1 atom stereocenters. The van der Waals surface area contributed by atoms with Crippen molar-refractivity contribution in [3.05, 3.63) is 23.4 Å². The quantitative estimate of drug-likeness (QED) is 0.813. The fourth-order valence-electron chi connectivity index (χ4n) is 2.72. The van der Waals surface area contributed by atoms with Gasteiger partial charge in [0.25, 0.3) is 0 Å². The number of nitrogens with zero attached hydrogens (tertiary/aromatic N) is 2. The molecule has 0 radical (unpaired) electrons. The van der Waals surface area contributed by atoms with Crippen LogP contribution in [0.3, 0.4) is 0 Å². The van der Waals surface area contributed by atoms with E-state index in [1.807, 2.05) is 19.9 Å². The average molecular weight is 292 g/mol. The molecular weight excluding hydrogens is 272 g/mol. The topological polar surface area (TPSA) is 71.2 Å². The zero-order valence-electron chi connectivity index (χ0n) is 12.1. The van der Waals surface area contributed by atoms with Crippen molar-refractivity contribution < 1.29 is 4.79 Å². The zero-order valence-corrected chi connectivity index (χ0v) is 12.9. The second kappa shape index (κ2) is 5.36. The highest BCUT2D eigenvalue weighted by molar-refractivity contribution is 7.80. The van der Waals surface area contributed by atoms with Crippen molar-refractivity contribution in [2.24, 2.45) is 11.1 Å². The molecule has 5 nitrogen and oxygen atoms in total. The fraction of sp³-hybridized carbons (Fsp3) is 0.500. The summed E-state index contributed by atoms with van der Waals surface area (Å²) >= 11 is 5.14. The SMILES string of the molecule is CNC(=O)C1(C)CCN(c2nccc(C)c2C(N)=S)C1. The van der Waals surface area contributed by atoms with Gasteiger partial charge in [0, 0.05) is 26.3 Å². The van der Waals surface area contributed by atoms with E-state index >= 15 is 0 Å². The van der Waals surface area contributed by atoms with Gasteiger partial charge < -0.3 is 16.0 Å². The third-order valence-corrected chi connectivity index (χ3v) is 4.14. The second-order valence-corrected chi connectivity index (χ2v) is 5.94. The first kappa shape index (κ1) is 14.7. The van der Waals surface area contributed by atoms with Gasteiger partial charge in [0.15, 0.2) is 0 Å². The zero-order chi connectivity index (χ0) is 14.9. The van der Waals surface area contributed by atoms with Crippen molar-refractivity contribution in [3.8, 4) is 0 Å². The molecule has 1 saturated heterocycles. The van der Waals surface area contributed by atoms with E-state index < -0.39 is 5.41 Å². The number of carbonyl (C=O) groups excluding carboxylic acids is 1. The lowest BCUT2D eigenvalue weighted by Gasteiger charge is -2.25. The van der Waals surface area contributed by atoms with Crippen LogP contribution in [0.25, 0.3) is 0 Å². The molecule has 1 fully saturated rings. The maximum atomic E-state index is 12.0. The van der Waals surface area contributed by atoms with Gasteiger partial charge in [0.1, 0.15) is 10.8 Å². The minimum absolute atomic E-state index is 0.0597. The lowest BCUT2D eigenvalue weighted by Crippen LogP contribution is -2.39. The third-order valence-electron chi connectivity index (χ3n) is 3.93. The van der Waals surface area contributed by atoms with Crippen molar-refractivity contribution in [1.29, 1.82) is 0 Å². The van der Waals surface area contributed by atoms with Crippen LogP contribution in [0.4, 0.5) is 5.82 Å². The van der Waals surface area contributed by atoms with Crippen LogP contribution in [0, 0.1) is 12.3 Å². The number of nitrogens with one attached hydrogen (secondary N) is 1. The minimum atomic E-state index is -0.395. The van der Waals surface area contributed by atoms with Crippen LogP contribution in [0.15, 0.2) is 12.3 Å². The Morgan fingerprint density at radius 2 is 2.30 bits per heavy atom. The molecular formula is C14H20N4OS. The highest BCUT2D eigenvalue weighted by Crippen LogP contribution is 2.34. The molecule has 1 aromatic rings. The average Bonchev–Trinajstić information content (AvgIpc) is 2.81. The van der Waals surface area contributed by atoms with Gasteiger partial charge in [0.05, 0.1) is 11.0 Å². The summed E-state index contributed by atoms with van der Waals surface area (Å²) in [5.41, 5.74) is 7.25. The molecule has 6 heteroatoms.